The number of aryl methyl sites for hydroxylation is 1. The Bertz CT molecular complexity index is 758. The van der Waals surface area contributed by atoms with Gasteiger partial charge in [0.05, 0.1) is 11.1 Å². The van der Waals surface area contributed by atoms with E-state index in [-0.39, 0.29) is 17.9 Å². The second-order valence-corrected chi connectivity index (χ2v) is 6.13. The van der Waals surface area contributed by atoms with E-state index in [0.717, 1.165) is 17.7 Å². The minimum Gasteiger partial charge on any atom is -0.350 e. The molecule has 2 rings (SSSR count). The number of rotatable bonds is 6. The molecule has 0 saturated heterocycles. The SMILES string of the molecule is CCC(C)NC(=O)c1cncc(C(=O)N(CC)c2cccc(C)c2)c1. The Balaban J connectivity index is 2.26. The highest BCUT2D eigenvalue weighted by Crippen LogP contribution is 2.18. The fraction of sp³-hybridized carbons (Fsp3) is 0.350. The topological polar surface area (TPSA) is 62.3 Å². The van der Waals surface area contributed by atoms with Crippen molar-refractivity contribution >= 4 is 17.5 Å². The van der Waals surface area contributed by atoms with Gasteiger partial charge in [-0.25, -0.2) is 0 Å². The number of hydrogen-bond acceptors (Lipinski definition) is 3. The maximum Gasteiger partial charge on any atom is 0.259 e. The van der Waals surface area contributed by atoms with Crippen LogP contribution in [0.1, 0.15) is 53.5 Å². The van der Waals surface area contributed by atoms with Gasteiger partial charge in [0.1, 0.15) is 0 Å². The molecule has 0 spiro atoms. The first-order chi connectivity index (χ1) is 12.0. The number of nitrogens with one attached hydrogen (secondary N) is 1. The zero-order valence-electron chi connectivity index (χ0n) is 15.2. The largest absolute Gasteiger partial charge is 0.350 e. The number of nitrogens with zero attached hydrogens (tertiary/aromatic N) is 2. The number of hydrogen-bond donors (Lipinski definition) is 1. The summed E-state index contributed by atoms with van der Waals surface area (Å²) in [6, 6.07) is 9.46. The van der Waals surface area contributed by atoms with Crippen LogP contribution in [0.25, 0.3) is 0 Å². The van der Waals surface area contributed by atoms with Crippen molar-refractivity contribution in [2.24, 2.45) is 0 Å². The Labute approximate surface area is 149 Å². The predicted molar refractivity (Wildman–Crippen MR) is 100.0 cm³/mol. The summed E-state index contributed by atoms with van der Waals surface area (Å²) >= 11 is 0. The van der Waals surface area contributed by atoms with Crippen LogP contribution in [0.4, 0.5) is 5.69 Å². The van der Waals surface area contributed by atoms with E-state index in [2.05, 4.69) is 10.3 Å². The molecule has 1 heterocycles. The highest BCUT2D eigenvalue weighted by Gasteiger charge is 2.18. The summed E-state index contributed by atoms with van der Waals surface area (Å²) in [7, 11) is 0. The second-order valence-electron chi connectivity index (χ2n) is 6.13. The van der Waals surface area contributed by atoms with Crippen molar-refractivity contribution in [2.45, 2.75) is 40.2 Å². The summed E-state index contributed by atoms with van der Waals surface area (Å²) in [5, 5.41) is 2.89. The van der Waals surface area contributed by atoms with Crippen molar-refractivity contribution in [2.75, 3.05) is 11.4 Å². The van der Waals surface area contributed by atoms with Gasteiger partial charge < -0.3 is 10.2 Å². The Morgan fingerprint density at radius 2 is 1.88 bits per heavy atom. The smallest absolute Gasteiger partial charge is 0.259 e. The molecule has 5 heteroatoms. The van der Waals surface area contributed by atoms with Gasteiger partial charge in [0, 0.05) is 30.7 Å². The number of pyridine rings is 1. The van der Waals surface area contributed by atoms with Crippen LogP contribution in [0, 0.1) is 6.92 Å². The number of anilines is 1. The minimum atomic E-state index is -0.213. The third-order valence-electron chi connectivity index (χ3n) is 4.11. The first-order valence-electron chi connectivity index (χ1n) is 8.60. The molecule has 25 heavy (non-hydrogen) atoms. The van der Waals surface area contributed by atoms with Gasteiger partial charge in [-0.3, -0.25) is 14.6 Å². The Morgan fingerprint density at radius 3 is 2.52 bits per heavy atom. The van der Waals surface area contributed by atoms with Gasteiger partial charge in [-0.15, -0.1) is 0 Å². The first kappa shape index (κ1) is 18.6. The molecule has 1 aromatic heterocycles. The molecule has 5 nitrogen and oxygen atoms in total. The zero-order chi connectivity index (χ0) is 18.4. The number of aromatic nitrogens is 1. The fourth-order valence-corrected chi connectivity index (χ4v) is 2.49. The van der Waals surface area contributed by atoms with Gasteiger partial charge >= 0.3 is 0 Å². The molecule has 0 radical (unpaired) electrons. The third-order valence-corrected chi connectivity index (χ3v) is 4.11. The van der Waals surface area contributed by atoms with Crippen LogP contribution in [0.3, 0.4) is 0 Å². The molecule has 1 atom stereocenters. The summed E-state index contributed by atoms with van der Waals surface area (Å²) < 4.78 is 0. The summed E-state index contributed by atoms with van der Waals surface area (Å²) in [4.78, 5) is 30.9. The summed E-state index contributed by atoms with van der Waals surface area (Å²) in [5.41, 5.74) is 2.72. The zero-order valence-corrected chi connectivity index (χ0v) is 15.2. The van der Waals surface area contributed by atoms with Crippen molar-refractivity contribution in [3.8, 4) is 0 Å². The molecule has 2 amide bonds. The van der Waals surface area contributed by atoms with Crippen LogP contribution in [0.2, 0.25) is 0 Å². The Hall–Kier alpha value is -2.69. The first-order valence-corrected chi connectivity index (χ1v) is 8.60. The van der Waals surface area contributed by atoms with E-state index < -0.39 is 0 Å². The van der Waals surface area contributed by atoms with E-state index >= 15 is 0 Å². The van der Waals surface area contributed by atoms with Gasteiger partial charge in [0.25, 0.3) is 11.8 Å². The normalized spacial score (nSPS) is 11.7. The number of benzene rings is 1. The molecule has 0 aliphatic rings. The van der Waals surface area contributed by atoms with Crippen molar-refractivity contribution < 1.29 is 9.59 Å². The lowest BCUT2D eigenvalue weighted by atomic mass is 10.1. The quantitative estimate of drug-likeness (QED) is 0.875. The van der Waals surface area contributed by atoms with Crippen LogP contribution >= 0.6 is 0 Å². The Kier molecular flexibility index (Phi) is 6.28. The lowest BCUT2D eigenvalue weighted by molar-refractivity contribution is 0.0939. The molecule has 0 saturated carbocycles. The maximum absolute atomic E-state index is 12.9. The van der Waals surface area contributed by atoms with Crippen molar-refractivity contribution in [1.29, 1.82) is 0 Å². The molecule has 0 bridgehead atoms. The van der Waals surface area contributed by atoms with E-state index in [0.29, 0.717) is 17.7 Å². The van der Waals surface area contributed by atoms with E-state index in [1.807, 2.05) is 52.0 Å². The molecule has 1 unspecified atom stereocenters. The van der Waals surface area contributed by atoms with Crippen LogP contribution in [-0.4, -0.2) is 29.4 Å². The minimum absolute atomic E-state index is 0.0753. The van der Waals surface area contributed by atoms with Gasteiger partial charge in [-0.1, -0.05) is 19.1 Å². The van der Waals surface area contributed by atoms with Gasteiger partial charge in [0.2, 0.25) is 0 Å². The van der Waals surface area contributed by atoms with Crippen molar-refractivity contribution in [3.63, 3.8) is 0 Å². The lowest BCUT2D eigenvalue weighted by Crippen LogP contribution is -2.33. The molecule has 1 aromatic carbocycles. The van der Waals surface area contributed by atoms with Gasteiger partial charge in [-0.2, -0.15) is 0 Å². The third kappa shape index (κ3) is 4.66. The lowest BCUT2D eigenvalue weighted by Gasteiger charge is -2.21. The molecule has 132 valence electrons. The summed E-state index contributed by atoms with van der Waals surface area (Å²) in [5.74, 6) is -0.381. The maximum atomic E-state index is 12.9. The number of carbonyl (C=O) groups is 2. The van der Waals surface area contributed by atoms with Crippen LogP contribution in [0.5, 0.6) is 0 Å². The predicted octanol–water partition coefficient (Wildman–Crippen LogP) is 3.59. The van der Waals surface area contributed by atoms with E-state index in [1.54, 1.807) is 11.0 Å². The average Bonchev–Trinajstić information content (AvgIpc) is 2.62. The monoisotopic (exact) mass is 339 g/mol. The van der Waals surface area contributed by atoms with Crippen molar-refractivity contribution in [1.82, 2.24) is 10.3 Å². The Morgan fingerprint density at radius 1 is 1.16 bits per heavy atom. The summed E-state index contributed by atoms with van der Waals surface area (Å²) in [6.07, 6.45) is 3.83. The molecule has 1 N–H and O–H groups in total. The van der Waals surface area contributed by atoms with Crippen LogP contribution in [0.15, 0.2) is 42.7 Å². The van der Waals surface area contributed by atoms with E-state index in [4.69, 9.17) is 0 Å². The van der Waals surface area contributed by atoms with Gasteiger partial charge in [0.15, 0.2) is 0 Å². The van der Waals surface area contributed by atoms with Crippen LogP contribution in [-0.2, 0) is 0 Å². The average molecular weight is 339 g/mol. The highest BCUT2D eigenvalue weighted by atomic mass is 16.2. The highest BCUT2D eigenvalue weighted by molar-refractivity contribution is 6.07. The number of amides is 2. The molecular weight excluding hydrogens is 314 g/mol. The van der Waals surface area contributed by atoms with Gasteiger partial charge in [-0.05, 0) is 51.0 Å². The molecular formula is C20H25N3O2. The standard InChI is InChI=1S/C20H25N3O2/c1-5-15(4)22-19(24)16-11-17(13-21-12-16)20(25)23(6-2)18-9-7-8-14(3)10-18/h7-13,15H,5-6H2,1-4H3,(H,22,24). The second kappa shape index (κ2) is 8.42. The molecule has 0 fully saturated rings. The van der Waals surface area contributed by atoms with Crippen molar-refractivity contribution in [3.05, 3.63) is 59.4 Å². The van der Waals surface area contributed by atoms with E-state index in [9.17, 15) is 9.59 Å². The van der Waals surface area contributed by atoms with E-state index in [1.165, 1.54) is 12.4 Å². The number of carbonyl (C=O) groups excluding carboxylic acids is 2. The van der Waals surface area contributed by atoms with Crippen LogP contribution < -0.4 is 10.2 Å². The molecule has 2 aromatic rings. The molecule has 0 aliphatic heterocycles. The molecule has 0 aliphatic carbocycles. The summed E-state index contributed by atoms with van der Waals surface area (Å²) in [6.45, 7) is 8.39. The fourth-order valence-electron chi connectivity index (χ4n) is 2.49.